The van der Waals surface area contributed by atoms with Crippen LogP contribution in [0.2, 0.25) is 0 Å². The quantitative estimate of drug-likeness (QED) is 0.500. The molecule has 0 radical (unpaired) electrons. The molecule has 0 bridgehead atoms. The number of rotatable bonds is 2. The van der Waals surface area contributed by atoms with E-state index in [0.717, 1.165) is 18.2 Å². The fourth-order valence-corrected chi connectivity index (χ4v) is 1.65. The van der Waals surface area contributed by atoms with E-state index in [4.69, 9.17) is 5.11 Å². The molecule has 0 aliphatic carbocycles. The number of aromatic hydroxyl groups is 1. The van der Waals surface area contributed by atoms with E-state index >= 15 is 0 Å². The van der Waals surface area contributed by atoms with Crippen molar-refractivity contribution in [3.05, 3.63) is 69.3 Å². The molecule has 0 unspecified atom stereocenters. The van der Waals surface area contributed by atoms with Gasteiger partial charge in [0.05, 0.1) is 10.5 Å². The Morgan fingerprint density at radius 1 is 1.14 bits per heavy atom. The van der Waals surface area contributed by atoms with Crippen molar-refractivity contribution in [3.63, 3.8) is 0 Å². The van der Waals surface area contributed by atoms with Crippen LogP contribution < -0.4 is 0 Å². The smallest absolute Gasteiger partial charge is 0.335 e. The van der Waals surface area contributed by atoms with Crippen LogP contribution in [0.25, 0.3) is 0 Å². The first kappa shape index (κ1) is 14.1. The monoisotopic (exact) mass is 283 g/mol. The Bertz CT molecular complexity index is 786. The second-order valence-corrected chi connectivity index (χ2v) is 4.09. The lowest BCUT2D eigenvalue weighted by molar-refractivity contribution is -0.385. The van der Waals surface area contributed by atoms with Crippen LogP contribution in [-0.2, 0) is 0 Å². The molecule has 0 aromatic heterocycles. The molecule has 0 aliphatic heterocycles. The van der Waals surface area contributed by atoms with Crippen LogP contribution in [0.15, 0.2) is 42.5 Å². The Morgan fingerprint density at radius 3 is 2.52 bits per heavy atom. The number of carbonyl (C=O) groups is 1. The van der Waals surface area contributed by atoms with Gasteiger partial charge in [-0.05, 0) is 30.3 Å². The predicted octanol–water partition coefficient (Wildman–Crippen LogP) is 2.40. The summed E-state index contributed by atoms with van der Waals surface area (Å²) in [4.78, 5) is 21.2. The minimum absolute atomic E-state index is 0.00300. The summed E-state index contributed by atoms with van der Waals surface area (Å²) >= 11 is 0. The summed E-state index contributed by atoms with van der Waals surface area (Å²) in [7, 11) is 0. The van der Waals surface area contributed by atoms with Gasteiger partial charge >= 0.3 is 5.97 Å². The lowest BCUT2D eigenvalue weighted by Gasteiger charge is -1.98. The van der Waals surface area contributed by atoms with Crippen LogP contribution in [0.1, 0.15) is 21.5 Å². The van der Waals surface area contributed by atoms with Crippen LogP contribution in [0.3, 0.4) is 0 Å². The Hall–Kier alpha value is -3.33. The van der Waals surface area contributed by atoms with Crippen molar-refractivity contribution < 1.29 is 19.9 Å². The molecule has 21 heavy (non-hydrogen) atoms. The Balaban J connectivity index is 2.49. The Kier molecular flexibility index (Phi) is 3.86. The van der Waals surface area contributed by atoms with Crippen LogP contribution in [-0.4, -0.2) is 21.1 Å². The minimum atomic E-state index is -1.19. The summed E-state index contributed by atoms with van der Waals surface area (Å²) in [6.45, 7) is 0. The number of carboxylic acid groups (broad SMARTS) is 1. The second kappa shape index (κ2) is 5.75. The standard InChI is InChI=1S/C15H9NO5/c17-13-3-1-2-10(8-13)4-5-11-9-12(15(18)19)6-7-14(11)16(20)21/h1-3,6-9,17H,(H,18,19). The highest BCUT2D eigenvalue weighted by atomic mass is 16.6. The van der Waals surface area contributed by atoms with Crippen molar-refractivity contribution in [1.29, 1.82) is 0 Å². The summed E-state index contributed by atoms with van der Waals surface area (Å²) in [6.07, 6.45) is 0. The summed E-state index contributed by atoms with van der Waals surface area (Å²) in [5.41, 5.74) is 0.113. The number of benzene rings is 2. The van der Waals surface area contributed by atoms with E-state index in [1.54, 1.807) is 12.1 Å². The van der Waals surface area contributed by atoms with Crippen LogP contribution in [0.4, 0.5) is 5.69 Å². The summed E-state index contributed by atoms with van der Waals surface area (Å²) < 4.78 is 0. The number of phenols is 1. The first-order chi connectivity index (χ1) is 9.97. The third-order valence-electron chi connectivity index (χ3n) is 2.63. The van der Waals surface area contributed by atoms with Gasteiger partial charge in [-0.1, -0.05) is 17.9 Å². The number of carboxylic acids is 1. The molecule has 104 valence electrons. The number of hydrogen-bond donors (Lipinski definition) is 2. The van der Waals surface area contributed by atoms with E-state index in [0.29, 0.717) is 5.56 Å². The molecule has 0 heterocycles. The number of phenolic OH excluding ortho intramolecular Hbond substituents is 1. The Morgan fingerprint density at radius 2 is 1.90 bits per heavy atom. The van der Waals surface area contributed by atoms with Gasteiger partial charge in [-0.3, -0.25) is 10.1 Å². The molecule has 0 amide bonds. The maximum Gasteiger partial charge on any atom is 0.335 e. The molecule has 0 aliphatic rings. The average Bonchev–Trinajstić information content (AvgIpc) is 2.44. The number of hydrogen-bond acceptors (Lipinski definition) is 4. The van der Waals surface area contributed by atoms with E-state index in [1.165, 1.54) is 12.1 Å². The van der Waals surface area contributed by atoms with E-state index in [-0.39, 0.29) is 22.6 Å². The zero-order chi connectivity index (χ0) is 15.4. The molecule has 2 aromatic rings. The van der Waals surface area contributed by atoms with Gasteiger partial charge in [0.1, 0.15) is 11.3 Å². The number of nitro groups is 1. The van der Waals surface area contributed by atoms with Crippen molar-refractivity contribution in [3.8, 4) is 17.6 Å². The van der Waals surface area contributed by atoms with Crippen LogP contribution >= 0.6 is 0 Å². The normalized spacial score (nSPS) is 9.52. The molecule has 2 N–H and O–H groups in total. The number of aromatic carboxylic acids is 1. The first-order valence-corrected chi connectivity index (χ1v) is 5.80. The van der Waals surface area contributed by atoms with Crippen LogP contribution in [0.5, 0.6) is 5.75 Å². The third kappa shape index (κ3) is 3.36. The summed E-state index contributed by atoms with van der Waals surface area (Å²) in [6, 6.07) is 9.49. The van der Waals surface area contributed by atoms with Gasteiger partial charge in [0.2, 0.25) is 0 Å². The maximum atomic E-state index is 10.9. The second-order valence-electron chi connectivity index (χ2n) is 4.09. The topological polar surface area (TPSA) is 101 Å². The predicted molar refractivity (Wildman–Crippen MR) is 74.1 cm³/mol. The molecule has 6 heteroatoms. The lowest BCUT2D eigenvalue weighted by atomic mass is 10.1. The molecular formula is C15H9NO5. The molecule has 0 atom stereocenters. The fourth-order valence-electron chi connectivity index (χ4n) is 1.65. The number of nitro benzene ring substituents is 1. The van der Waals surface area contributed by atoms with Crippen LogP contribution in [0, 0.1) is 22.0 Å². The Labute approximate surface area is 119 Å². The van der Waals surface area contributed by atoms with Gasteiger partial charge in [-0.25, -0.2) is 4.79 Å². The highest BCUT2D eigenvalue weighted by Gasteiger charge is 2.14. The molecule has 0 spiro atoms. The van der Waals surface area contributed by atoms with Gasteiger partial charge < -0.3 is 10.2 Å². The lowest BCUT2D eigenvalue weighted by Crippen LogP contribution is -1.99. The van der Waals surface area contributed by atoms with E-state index in [1.807, 2.05) is 0 Å². The molecule has 6 nitrogen and oxygen atoms in total. The van der Waals surface area contributed by atoms with E-state index in [2.05, 4.69) is 11.8 Å². The molecule has 2 aromatic carbocycles. The zero-order valence-electron chi connectivity index (χ0n) is 10.6. The third-order valence-corrected chi connectivity index (χ3v) is 2.63. The van der Waals surface area contributed by atoms with Crippen molar-refractivity contribution in [2.75, 3.05) is 0 Å². The minimum Gasteiger partial charge on any atom is -0.508 e. The molecule has 0 fully saturated rings. The van der Waals surface area contributed by atoms with E-state index in [9.17, 15) is 20.0 Å². The highest BCUT2D eigenvalue weighted by molar-refractivity contribution is 5.88. The van der Waals surface area contributed by atoms with Gasteiger partial charge in [-0.15, -0.1) is 0 Å². The maximum absolute atomic E-state index is 10.9. The largest absolute Gasteiger partial charge is 0.508 e. The molecule has 0 saturated carbocycles. The highest BCUT2D eigenvalue weighted by Crippen LogP contribution is 2.19. The van der Waals surface area contributed by atoms with Crippen molar-refractivity contribution >= 4 is 11.7 Å². The first-order valence-electron chi connectivity index (χ1n) is 5.80. The summed E-state index contributed by atoms with van der Waals surface area (Å²) in [5.74, 6) is 4.06. The SMILES string of the molecule is O=C(O)c1ccc([N+](=O)[O-])c(C#Cc2cccc(O)c2)c1. The van der Waals surface area contributed by atoms with Gasteiger partial charge in [-0.2, -0.15) is 0 Å². The van der Waals surface area contributed by atoms with E-state index < -0.39 is 10.9 Å². The van der Waals surface area contributed by atoms with Crippen molar-refractivity contribution in [2.45, 2.75) is 0 Å². The molecule has 0 saturated heterocycles. The summed E-state index contributed by atoms with van der Waals surface area (Å²) in [5, 5.41) is 29.1. The van der Waals surface area contributed by atoms with Gasteiger partial charge in [0.15, 0.2) is 0 Å². The van der Waals surface area contributed by atoms with Gasteiger partial charge in [0.25, 0.3) is 5.69 Å². The van der Waals surface area contributed by atoms with Crippen molar-refractivity contribution in [2.24, 2.45) is 0 Å². The molecular weight excluding hydrogens is 274 g/mol. The number of nitrogens with zero attached hydrogens (tertiary/aromatic N) is 1. The average molecular weight is 283 g/mol. The van der Waals surface area contributed by atoms with Crippen molar-refractivity contribution in [1.82, 2.24) is 0 Å². The molecule has 2 rings (SSSR count). The zero-order valence-corrected chi connectivity index (χ0v) is 10.6. The van der Waals surface area contributed by atoms with Gasteiger partial charge in [0, 0.05) is 11.6 Å². The fraction of sp³-hybridized carbons (Fsp3) is 0.